The Kier molecular flexibility index (Phi) is 3.98. The molecule has 2 bridgehead atoms. The third kappa shape index (κ3) is 2.89. The molecule has 0 radical (unpaired) electrons. The van der Waals surface area contributed by atoms with E-state index >= 15 is 0 Å². The van der Waals surface area contributed by atoms with Crippen molar-refractivity contribution in [2.45, 2.75) is 57.2 Å². The van der Waals surface area contributed by atoms with Gasteiger partial charge in [0.2, 0.25) is 10.0 Å². The van der Waals surface area contributed by atoms with Gasteiger partial charge in [-0.2, -0.15) is 4.31 Å². The number of rotatable bonds is 4. The zero-order valence-electron chi connectivity index (χ0n) is 12.8. The maximum atomic E-state index is 12.2. The van der Waals surface area contributed by atoms with Crippen molar-refractivity contribution in [3.8, 4) is 0 Å². The van der Waals surface area contributed by atoms with Gasteiger partial charge in [-0.3, -0.25) is 4.79 Å². The van der Waals surface area contributed by atoms with Gasteiger partial charge in [0.25, 0.3) is 5.91 Å². The third-order valence-corrected chi connectivity index (χ3v) is 5.89. The summed E-state index contributed by atoms with van der Waals surface area (Å²) in [6.45, 7) is 1.93. The fourth-order valence-corrected chi connectivity index (χ4v) is 5.11. The number of carbonyl (C=O) groups is 1. The van der Waals surface area contributed by atoms with Crippen molar-refractivity contribution in [2.75, 3.05) is 6.26 Å². The molecular weight excluding hydrogens is 306 g/mol. The molecule has 1 aromatic heterocycles. The van der Waals surface area contributed by atoms with Gasteiger partial charge in [0.1, 0.15) is 5.76 Å². The van der Waals surface area contributed by atoms with Gasteiger partial charge < -0.3 is 9.84 Å². The molecule has 0 unspecified atom stereocenters. The van der Waals surface area contributed by atoms with Crippen LogP contribution < -0.4 is 5.32 Å². The number of piperidine rings is 1. The Balaban J connectivity index is 1.65. The lowest BCUT2D eigenvalue weighted by atomic mass is 9.99. The summed E-state index contributed by atoms with van der Waals surface area (Å²) in [6, 6.07) is 1.64. The molecule has 1 N–H and O–H groups in total. The molecule has 1 amide bonds. The maximum absolute atomic E-state index is 12.2. The number of amides is 1. The summed E-state index contributed by atoms with van der Waals surface area (Å²) in [5, 5.41) is 6.73. The molecule has 3 atom stereocenters. The number of aryl methyl sites for hydroxylation is 1. The van der Waals surface area contributed by atoms with Gasteiger partial charge in [0.15, 0.2) is 5.69 Å². The molecule has 1 aromatic rings. The van der Waals surface area contributed by atoms with Gasteiger partial charge in [-0.05, 0) is 25.7 Å². The van der Waals surface area contributed by atoms with Gasteiger partial charge >= 0.3 is 0 Å². The fourth-order valence-electron chi connectivity index (χ4n) is 3.64. The summed E-state index contributed by atoms with van der Waals surface area (Å²) < 4.78 is 30.4. The summed E-state index contributed by atoms with van der Waals surface area (Å²) >= 11 is 0. The van der Waals surface area contributed by atoms with Crippen LogP contribution in [-0.4, -0.2) is 48.2 Å². The monoisotopic (exact) mass is 327 g/mol. The van der Waals surface area contributed by atoms with Gasteiger partial charge in [-0.1, -0.05) is 12.1 Å². The Hall–Kier alpha value is -1.41. The Morgan fingerprint density at radius 3 is 2.55 bits per heavy atom. The lowest BCUT2D eigenvalue weighted by Gasteiger charge is -2.37. The molecule has 0 aromatic carbocycles. The molecule has 0 saturated carbocycles. The number of hydrogen-bond donors (Lipinski definition) is 1. The minimum Gasteiger partial charge on any atom is -0.361 e. The number of aromatic nitrogens is 1. The summed E-state index contributed by atoms with van der Waals surface area (Å²) in [5.74, 6) is 0.428. The summed E-state index contributed by atoms with van der Waals surface area (Å²) in [4.78, 5) is 12.2. The molecular formula is C14H21N3O4S. The Morgan fingerprint density at radius 1 is 1.41 bits per heavy atom. The molecule has 0 spiro atoms. The molecule has 7 nitrogen and oxygen atoms in total. The molecule has 2 fully saturated rings. The van der Waals surface area contributed by atoms with Crippen molar-refractivity contribution in [1.82, 2.24) is 14.8 Å². The Morgan fingerprint density at radius 2 is 2.05 bits per heavy atom. The van der Waals surface area contributed by atoms with E-state index in [9.17, 15) is 13.2 Å². The fraction of sp³-hybridized carbons (Fsp3) is 0.714. The van der Waals surface area contributed by atoms with Crippen molar-refractivity contribution in [3.63, 3.8) is 0 Å². The molecule has 2 saturated heterocycles. The van der Waals surface area contributed by atoms with E-state index in [1.807, 2.05) is 6.92 Å². The van der Waals surface area contributed by atoms with Crippen LogP contribution in [0.15, 0.2) is 10.6 Å². The minimum absolute atomic E-state index is 0.00237. The molecule has 2 aliphatic rings. The van der Waals surface area contributed by atoms with Gasteiger partial charge in [0, 0.05) is 30.6 Å². The lowest BCUT2D eigenvalue weighted by Crippen LogP contribution is -2.52. The van der Waals surface area contributed by atoms with Crippen molar-refractivity contribution < 1.29 is 17.7 Å². The maximum Gasteiger partial charge on any atom is 0.273 e. The third-order valence-electron chi connectivity index (χ3n) is 4.52. The van der Waals surface area contributed by atoms with Crippen molar-refractivity contribution in [1.29, 1.82) is 0 Å². The first-order valence-corrected chi connectivity index (χ1v) is 9.48. The number of carbonyl (C=O) groups excluding carboxylic acids is 1. The van der Waals surface area contributed by atoms with E-state index in [1.165, 1.54) is 6.26 Å². The predicted octanol–water partition coefficient (Wildman–Crippen LogP) is 0.922. The first kappa shape index (κ1) is 15.5. The van der Waals surface area contributed by atoms with E-state index in [0.717, 1.165) is 12.8 Å². The summed E-state index contributed by atoms with van der Waals surface area (Å²) in [5.41, 5.74) is 0.287. The highest BCUT2D eigenvalue weighted by atomic mass is 32.2. The van der Waals surface area contributed by atoms with E-state index in [4.69, 9.17) is 4.52 Å². The van der Waals surface area contributed by atoms with E-state index < -0.39 is 10.0 Å². The van der Waals surface area contributed by atoms with E-state index in [-0.39, 0.29) is 29.7 Å². The molecule has 2 aliphatic heterocycles. The molecule has 122 valence electrons. The van der Waals surface area contributed by atoms with Crippen molar-refractivity contribution >= 4 is 15.9 Å². The van der Waals surface area contributed by atoms with Crippen LogP contribution in [0.3, 0.4) is 0 Å². The smallest absolute Gasteiger partial charge is 0.273 e. The second-order valence-electron chi connectivity index (χ2n) is 6.15. The highest BCUT2D eigenvalue weighted by molar-refractivity contribution is 7.88. The van der Waals surface area contributed by atoms with E-state index in [2.05, 4.69) is 10.5 Å². The standard InChI is InChI=1S/C14H21N3O4S/c1-3-12-8-13(16-21-12)14(18)15-9-6-10-4-5-11(7-9)17(10)22(2,19)20/h8-11H,3-7H2,1-2H3,(H,15,18)/t9-,10+,11-. The topological polar surface area (TPSA) is 92.5 Å². The average Bonchev–Trinajstić information content (AvgIpc) is 3.02. The average molecular weight is 327 g/mol. The molecule has 0 aliphatic carbocycles. The summed E-state index contributed by atoms with van der Waals surface area (Å²) in [6.07, 6.45) is 5.01. The molecule has 8 heteroatoms. The largest absolute Gasteiger partial charge is 0.361 e. The SMILES string of the molecule is CCc1cc(C(=O)N[C@H]2C[C@H]3CC[C@@H](C2)N3S(C)(=O)=O)no1. The van der Waals surface area contributed by atoms with Crippen LogP contribution in [0.2, 0.25) is 0 Å². The van der Waals surface area contributed by atoms with Gasteiger partial charge in [-0.25, -0.2) is 8.42 Å². The molecule has 3 heterocycles. The van der Waals surface area contributed by atoms with Crippen LogP contribution in [-0.2, 0) is 16.4 Å². The lowest BCUT2D eigenvalue weighted by molar-refractivity contribution is 0.0900. The van der Waals surface area contributed by atoms with Gasteiger partial charge in [-0.15, -0.1) is 0 Å². The number of fused-ring (bicyclic) bond motifs is 2. The predicted molar refractivity (Wildman–Crippen MR) is 79.9 cm³/mol. The first-order chi connectivity index (χ1) is 10.4. The second kappa shape index (κ2) is 5.66. The van der Waals surface area contributed by atoms with Crippen molar-refractivity contribution in [3.05, 3.63) is 17.5 Å². The van der Waals surface area contributed by atoms with Crippen LogP contribution in [0.25, 0.3) is 0 Å². The van der Waals surface area contributed by atoms with Crippen LogP contribution in [0.1, 0.15) is 48.9 Å². The Bertz CT molecular complexity index is 655. The highest BCUT2D eigenvalue weighted by Crippen LogP contribution is 2.37. The quantitative estimate of drug-likeness (QED) is 0.888. The number of hydrogen-bond acceptors (Lipinski definition) is 5. The minimum atomic E-state index is -3.17. The van der Waals surface area contributed by atoms with Crippen LogP contribution in [0, 0.1) is 0 Å². The van der Waals surface area contributed by atoms with Crippen molar-refractivity contribution in [2.24, 2.45) is 0 Å². The molecule has 3 rings (SSSR count). The summed E-state index contributed by atoms with van der Waals surface area (Å²) in [7, 11) is -3.17. The number of nitrogens with one attached hydrogen (secondary N) is 1. The van der Waals surface area contributed by atoms with E-state index in [0.29, 0.717) is 25.0 Å². The van der Waals surface area contributed by atoms with E-state index in [1.54, 1.807) is 10.4 Å². The van der Waals surface area contributed by atoms with Crippen LogP contribution >= 0.6 is 0 Å². The second-order valence-corrected chi connectivity index (χ2v) is 8.04. The highest BCUT2D eigenvalue weighted by Gasteiger charge is 2.45. The van der Waals surface area contributed by atoms with Crippen LogP contribution in [0.5, 0.6) is 0 Å². The first-order valence-electron chi connectivity index (χ1n) is 7.63. The zero-order chi connectivity index (χ0) is 15.9. The zero-order valence-corrected chi connectivity index (χ0v) is 13.6. The Labute approximate surface area is 130 Å². The molecule has 22 heavy (non-hydrogen) atoms. The van der Waals surface area contributed by atoms with Crippen LogP contribution in [0.4, 0.5) is 0 Å². The van der Waals surface area contributed by atoms with Gasteiger partial charge in [0.05, 0.1) is 6.26 Å². The normalized spacial score (nSPS) is 28.7. The number of sulfonamides is 1. The number of nitrogens with zero attached hydrogens (tertiary/aromatic N) is 2.